The molecule has 0 heterocycles. The Morgan fingerprint density at radius 2 is 1.34 bits per heavy atom. The van der Waals surface area contributed by atoms with Crippen molar-refractivity contribution in [1.82, 2.24) is 0 Å². The van der Waals surface area contributed by atoms with Gasteiger partial charge in [0.15, 0.2) is 0 Å². The maximum absolute atomic E-state index is 14.1. The van der Waals surface area contributed by atoms with E-state index in [4.69, 9.17) is 27.6 Å². The highest BCUT2D eigenvalue weighted by atomic mass is 31.2. The van der Waals surface area contributed by atoms with E-state index in [1.54, 1.807) is 0 Å². The van der Waals surface area contributed by atoms with Gasteiger partial charge in [-0.1, -0.05) is 43.6 Å². The molecule has 2 rings (SSSR count). The summed E-state index contributed by atoms with van der Waals surface area (Å²) >= 11 is 0. The predicted molar refractivity (Wildman–Crippen MR) is 186 cm³/mol. The zero-order valence-electron chi connectivity index (χ0n) is 29.5. The van der Waals surface area contributed by atoms with Crippen LogP contribution in [0.15, 0.2) is 35.9 Å². The first-order valence-corrected chi connectivity index (χ1v) is 20.2. The Morgan fingerprint density at radius 3 is 1.77 bits per heavy atom. The van der Waals surface area contributed by atoms with Crippen LogP contribution in [0.5, 0.6) is 11.5 Å². The topological polar surface area (TPSA) is 124 Å². The van der Waals surface area contributed by atoms with E-state index in [0.717, 1.165) is 43.2 Å². The molecule has 12 heteroatoms. The number of rotatable bonds is 22. The molecule has 0 radical (unpaired) electrons. The maximum atomic E-state index is 14.1. The van der Waals surface area contributed by atoms with Crippen molar-refractivity contribution in [2.75, 3.05) is 39.8 Å². The average Bonchev–Trinajstić information content (AvgIpc) is 3.00. The molecule has 10 nitrogen and oxygen atoms in total. The monoisotopic (exact) mass is 698 g/mol. The average molecular weight is 699 g/mol. The van der Waals surface area contributed by atoms with Crippen LogP contribution in [0, 0.1) is 5.92 Å². The Bertz CT molecular complexity index is 1250. The first-order chi connectivity index (χ1) is 22.3. The normalized spacial score (nSPS) is 18.7. The summed E-state index contributed by atoms with van der Waals surface area (Å²) in [5.41, 5.74) is 3.71. The van der Waals surface area contributed by atoms with E-state index in [1.165, 1.54) is 33.6 Å². The zero-order chi connectivity index (χ0) is 35.0. The summed E-state index contributed by atoms with van der Waals surface area (Å²) in [6, 6.07) is 3.82. The molecule has 1 aromatic rings. The standard InChI is InChI=1S/C35H56O10P2/c1-9-10-11-16-30-24-33(44-46(38,40-7)21-14-12-19-42-28(5)36)35(32-23-27(4)17-18-31(32)26(2)3)34(25-30)45-47(39,41-8)22-15-13-20-43-29(6)37/h23-25,31-32H,2,9-22H2,1,3-8H3. The summed E-state index contributed by atoms with van der Waals surface area (Å²) in [5.74, 6) is -0.231. The van der Waals surface area contributed by atoms with Crippen molar-refractivity contribution in [3.8, 4) is 11.5 Å². The fourth-order valence-electron chi connectivity index (χ4n) is 5.66. The van der Waals surface area contributed by atoms with Crippen molar-refractivity contribution in [3.63, 3.8) is 0 Å². The van der Waals surface area contributed by atoms with Gasteiger partial charge < -0.3 is 27.6 Å². The summed E-state index contributed by atoms with van der Waals surface area (Å²) in [6.45, 7) is 13.6. The van der Waals surface area contributed by atoms with Crippen molar-refractivity contribution in [1.29, 1.82) is 0 Å². The molecule has 266 valence electrons. The van der Waals surface area contributed by atoms with Gasteiger partial charge in [0.25, 0.3) is 0 Å². The van der Waals surface area contributed by atoms with Crippen molar-refractivity contribution in [3.05, 3.63) is 47.1 Å². The van der Waals surface area contributed by atoms with Crippen molar-refractivity contribution < 1.29 is 46.3 Å². The van der Waals surface area contributed by atoms with E-state index in [2.05, 4.69) is 26.5 Å². The van der Waals surface area contributed by atoms with Crippen LogP contribution < -0.4 is 9.05 Å². The van der Waals surface area contributed by atoms with E-state index < -0.39 is 15.2 Å². The molecule has 0 saturated heterocycles. The van der Waals surface area contributed by atoms with Gasteiger partial charge in [0, 0.05) is 39.5 Å². The SMILES string of the molecule is C=C(C)C1CCC(C)=CC1c1c(OP(=O)(CCCCOC(C)=O)OC)cc(CCCCC)cc1OP(=O)(CCCCOC(C)=O)OC. The minimum Gasteiger partial charge on any atom is -0.466 e. The molecule has 1 aliphatic carbocycles. The lowest BCUT2D eigenvalue weighted by Crippen LogP contribution is -2.19. The molecule has 1 aromatic carbocycles. The predicted octanol–water partition coefficient (Wildman–Crippen LogP) is 9.56. The molecular formula is C35H56O10P2. The molecule has 1 aliphatic rings. The number of esters is 2. The van der Waals surface area contributed by atoms with Crippen LogP contribution in [-0.2, 0) is 43.7 Å². The minimum absolute atomic E-state index is 0.0330. The molecule has 0 bridgehead atoms. The first-order valence-electron chi connectivity index (χ1n) is 16.7. The number of hydrogen-bond acceptors (Lipinski definition) is 10. The Kier molecular flexibility index (Phi) is 17.5. The van der Waals surface area contributed by atoms with E-state index >= 15 is 0 Å². The van der Waals surface area contributed by atoms with Gasteiger partial charge in [0.1, 0.15) is 11.5 Å². The second kappa shape index (κ2) is 20.2. The van der Waals surface area contributed by atoms with Crippen LogP contribution in [0.1, 0.15) is 109 Å². The number of ether oxygens (including phenoxy) is 2. The molecule has 0 fully saturated rings. The minimum atomic E-state index is -3.67. The number of allylic oxidation sites excluding steroid dienone is 3. The Labute approximate surface area is 282 Å². The summed E-state index contributed by atoms with van der Waals surface area (Å²) in [7, 11) is -4.60. The lowest BCUT2D eigenvalue weighted by Gasteiger charge is -2.34. The zero-order valence-corrected chi connectivity index (χ0v) is 31.3. The molecule has 0 aliphatic heterocycles. The molecule has 4 unspecified atom stereocenters. The molecule has 4 atom stereocenters. The lowest BCUT2D eigenvalue weighted by atomic mass is 9.73. The molecule has 0 amide bonds. The fourth-order valence-corrected chi connectivity index (χ4v) is 8.48. The van der Waals surface area contributed by atoms with Crippen LogP contribution in [0.4, 0.5) is 0 Å². The Balaban J connectivity index is 2.65. The highest BCUT2D eigenvalue weighted by Crippen LogP contribution is 2.57. The second-order valence-electron chi connectivity index (χ2n) is 12.3. The molecule has 0 saturated carbocycles. The summed E-state index contributed by atoms with van der Waals surface area (Å²) in [6.07, 6.45) is 9.77. The molecule has 47 heavy (non-hydrogen) atoms. The van der Waals surface area contributed by atoms with E-state index in [0.29, 0.717) is 49.2 Å². The number of unbranched alkanes of at least 4 members (excludes halogenated alkanes) is 4. The third-order valence-electron chi connectivity index (χ3n) is 8.24. The highest BCUT2D eigenvalue weighted by molar-refractivity contribution is 7.54. The van der Waals surface area contributed by atoms with E-state index in [1.807, 2.05) is 19.1 Å². The number of hydrogen-bond donors (Lipinski definition) is 0. The van der Waals surface area contributed by atoms with E-state index in [-0.39, 0.29) is 49.3 Å². The van der Waals surface area contributed by atoms with E-state index in [9.17, 15) is 18.7 Å². The largest absolute Gasteiger partial charge is 0.466 e. The summed E-state index contributed by atoms with van der Waals surface area (Å²) in [5, 5.41) is 0. The smallest absolute Gasteiger partial charge is 0.378 e. The van der Waals surface area contributed by atoms with Crippen LogP contribution in [0.2, 0.25) is 0 Å². The second-order valence-corrected chi connectivity index (χ2v) is 16.7. The number of carbonyl (C=O) groups excluding carboxylic acids is 2. The quantitative estimate of drug-likeness (QED) is 0.0500. The summed E-state index contributed by atoms with van der Waals surface area (Å²) in [4.78, 5) is 22.4. The molecule has 0 N–H and O–H groups in total. The van der Waals surface area contributed by atoms with Gasteiger partial charge in [0.2, 0.25) is 0 Å². The van der Waals surface area contributed by atoms with Crippen LogP contribution in [0.25, 0.3) is 0 Å². The van der Waals surface area contributed by atoms with Gasteiger partial charge in [-0.2, -0.15) is 0 Å². The van der Waals surface area contributed by atoms with Gasteiger partial charge in [0.05, 0.1) is 25.5 Å². The van der Waals surface area contributed by atoms with Gasteiger partial charge >= 0.3 is 27.1 Å². The summed E-state index contributed by atoms with van der Waals surface area (Å²) < 4.78 is 62.2. The molecule has 0 spiro atoms. The number of carbonyl (C=O) groups is 2. The highest BCUT2D eigenvalue weighted by Gasteiger charge is 2.36. The maximum Gasteiger partial charge on any atom is 0.378 e. The van der Waals surface area contributed by atoms with Crippen LogP contribution in [-0.4, -0.2) is 51.7 Å². The van der Waals surface area contributed by atoms with Gasteiger partial charge in [-0.25, -0.2) is 9.13 Å². The number of benzene rings is 1. The van der Waals surface area contributed by atoms with Gasteiger partial charge in [-0.15, -0.1) is 0 Å². The third-order valence-corrected chi connectivity index (χ3v) is 12.0. The van der Waals surface area contributed by atoms with Crippen LogP contribution >= 0.6 is 15.2 Å². The third kappa shape index (κ3) is 13.9. The fraction of sp³-hybridized carbons (Fsp3) is 0.657. The first kappa shape index (κ1) is 40.8. The Morgan fingerprint density at radius 1 is 0.830 bits per heavy atom. The lowest BCUT2D eigenvalue weighted by molar-refractivity contribution is -0.142. The Hall–Kier alpha value is -2.38. The van der Waals surface area contributed by atoms with Crippen molar-refractivity contribution >= 4 is 27.1 Å². The number of aryl methyl sites for hydroxylation is 1. The molecule has 0 aromatic heterocycles. The van der Waals surface area contributed by atoms with Crippen molar-refractivity contribution in [2.45, 2.75) is 105 Å². The molecular weight excluding hydrogens is 642 g/mol. The van der Waals surface area contributed by atoms with Gasteiger partial charge in [-0.05, 0) is 88.8 Å². The van der Waals surface area contributed by atoms with Crippen molar-refractivity contribution in [2.24, 2.45) is 5.92 Å². The van der Waals surface area contributed by atoms with Crippen LogP contribution in [0.3, 0.4) is 0 Å². The van der Waals surface area contributed by atoms with Gasteiger partial charge in [-0.3, -0.25) is 9.59 Å².